The number of halogens is 1. The van der Waals surface area contributed by atoms with Crippen LogP contribution in [0.25, 0.3) is 0 Å². The summed E-state index contributed by atoms with van der Waals surface area (Å²) in [6.07, 6.45) is 3.17. The molecule has 1 amide bonds. The number of nitrogens with one attached hydrogen (secondary N) is 1. The van der Waals surface area contributed by atoms with Crippen molar-refractivity contribution in [2.24, 2.45) is 12.1 Å². The number of hydrogen-bond donors (Lipinski definition) is 1. The minimum Gasteiger partial charge on any atom is -0.454 e. The highest BCUT2D eigenvalue weighted by Crippen LogP contribution is 2.31. The Kier molecular flexibility index (Phi) is 3.78. The molecule has 2 aromatic rings. The number of fused-ring (bicyclic) bond motifs is 1. The highest BCUT2D eigenvalue weighted by molar-refractivity contribution is 14.1. The van der Waals surface area contributed by atoms with Crippen LogP contribution < -0.4 is 14.9 Å². The van der Waals surface area contributed by atoms with Gasteiger partial charge in [-0.25, -0.2) is 5.43 Å². The van der Waals surface area contributed by atoms with E-state index in [-0.39, 0.29) is 12.7 Å². The van der Waals surface area contributed by atoms with Crippen molar-refractivity contribution in [3.63, 3.8) is 0 Å². The summed E-state index contributed by atoms with van der Waals surface area (Å²) in [5.74, 6) is 1.07. The first-order valence-electron chi connectivity index (χ1n) is 6.05. The Morgan fingerprint density at radius 1 is 1.48 bits per heavy atom. The van der Waals surface area contributed by atoms with Crippen LogP contribution in [0.15, 0.2) is 29.5 Å². The number of aryl methyl sites for hydroxylation is 1. The molecule has 0 aliphatic carbocycles. The van der Waals surface area contributed by atoms with Crippen molar-refractivity contribution in [1.82, 2.24) is 15.2 Å². The molecule has 0 saturated carbocycles. The van der Waals surface area contributed by atoms with Crippen LogP contribution in [0.4, 0.5) is 0 Å². The van der Waals surface area contributed by atoms with Crippen LogP contribution in [0.2, 0.25) is 0 Å². The topological polar surface area (TPSA) is 77.7 Å². The molecule has 0 unspecified atom stereocenters. The fraction of sp³-hybridized carbons (Fsp3) is 0.154. The maximum absolute atomic E-state index is 12.0. The third kappa shape index (κ3) is 2.84. The number of hydrogen-bond acceptors (Lipinski definition) is 5. The summed E-state index contributed by atoms with van der Waals surface area (Å²) in [6.45, 7) is 0.228. The van der Waals surface area contributed by atoms with Crippen LogP contribution in [0.1, 0.15) is 16.1 Å². The summed E-state index contributed by atoms with van der Waals surface area (Å²) >= 11 is 2.05. The van der Waals surface area contributed by atoms with Crippen LogP contribution in [0.3, 0.4) is 0 Å². The lowest BCUT2D eigenvalue weighted by molar-refractivity contribution is 0.0945. The Labute approximate surface area is 134 Å². The van der Waals surface area contributed by atoms with E-state index < -0.39 is 0 Å². The van der Waals surface area contributed by atoms with Gasteiger partial charge in [-0.15, -0.1) is 0 Å². The second-order valence-corrected chi connectivity index (χ2v) is 5.44. The third-order valence-electron chi connectivity index (χ3n) is 2.89. The Hall–Kier alpha value is -2.10. The average molecular weight is 398 g/mol. The second-order valence-electron chi connectivity index (χ2n) is 4.28. The average Bonchev–Trinajstić information content (AvgIpc) is 3.05. The van der Waals surface area contributed by atoms with Crippen LogP contribution in [-0.2, 0) is 7.05 Å². The van der Waals surface area contributed by atoms with E-state index in [4.69, 9.17) is 9.47 Å². The lowest BCUT2D eigenvalue weighted by atomic mass is 10.2. The maximum atomic E-state index is 12.0. The Bertz CT molecular complexity index is 707. The van der Waals surface area contributed by atoms with Crippen molar-refractivity contribution >= 4 is 34.7 Å². The number of nitrogens with zero attached hydrogens (tertiary/aromatic N) is 3. The van der Waals surface area contributed by atoms with Gasteiger partial charge in [-0.2, -0.15) is 10.2 Å². The summed E-state index contributed by atoms with van der Waals surface area (Å²) in [5, 5.41) is 7.95. The van der Waals surface area contributed by atoms with Crippen LogP contribution in [0, 0.1) is 3.57 Å². The molecule has 7 nitrogen and oxygen atoms in total. The van der Waals surface area contributed by atoms with Gasteiger partial charge >= 0.3 is 0 Å². The molecule has 1 aromatic carbocycles. The van der Waals surface area contributed by atoms with E-state index >= 15 is 0 Å². The first-order valence-corrected chi connectivity index (χ1v) is 7.13. The summed E-state index contributed by atoms with van der Waals surface area (Å²) in [4.78, 5) is 12.0. The molecule has 8 heteroatoms. The number of benzene rings is 1. The monoisotopic (exact) mass is 398 g/mol. The van der Waals surface area contributed by atoms with Crippen LogP contribution in [0.5, 0.6) is 11.5 Å². The number of ether oxygens (including phenoxy) is 2. The summed E-state index contributed by atoms with van der Waals surface area (Å²) in [7, 11) is 1.71. The number of aromatic nitrogens is 2. The standard InChI is InChI=1S/C13H11IN4O3/c1-18-12(9(14)6-16-18)13(19)17-15-5-8-2-3-10-11(4-8)21-7-20-10/h2-6H,7H2,1H3,(H,17,19)/b15-5+. The van der Waals surface area contributed by atoms with E-state index in [1.165, 1.54) is 4.68 Å². The van der Waals surface area contributed by atoms with Crippen molar-refractivity contribution in [2.75, 3.05) is 6.79 Å². The van der Waals surface area contributed by atoms with Gasteiger partial charge in [0, 0.05) is 7.05 Å². The zero-order valence-electron chi connectivity index (χ0n) is 11.0. The molecule has 0 saturated heterocycles. The fourth-order valence-corrected chi connectivity index (χ4v) is 2.60. The molecule has 1 aliphatic rings. The van der Waals surface area contributed by atoms with Crippen molar-refractivity contribution in [1.29, 1.82) is 0 Å². The van der Waals surface area contributed by atoms with Gasteiger partial charge in [0.2, 0.25) is 6.79 Å². The normalized spacial score (nSPS) is 12.9. The number of amides is 1. The van der Waals surface area contributed by atoms with Gasteiger partial charge in [0.1, 0.15) is 5.69 Å². The van der Waals surface area contributed by atoms with Gasteiger partial charge in [0.15, 0.2) is 11.5 Å². The van der Waals surface area contributed by atoms with Crippen molar-refractivity contribution in [2.45, 2.75) is 0 Å². The molecule has 2 heterocycles. The molecule has 1 aromatic heterocycles. The quantitative estimate of drug-likeness (QED) is 0.483. The Balaban J connectivity index is 1.69. The zero-order chi connectivity index (χ0) is 14.8. The first-order chi connectivity index (χ1) is 10.1. The molecular weight excluding hydrogens is 387 g/mol. The van der Waals surface area contributed by atoms with E-state index in [2.05, 4.69) is 38.2 Å². The third-order valence-corrected chi connectivity index (χ3v) is 3.67. The van der Waals surface area contributed by atoms with Gasteiger partial charge < -0.3 is 9.47 Å². The highest BCUT2D eigenvalue weighted by atomic mass is 127. The molecule has 1 N–H and O–H groups in total. The van der Waals surface area contributed by atoms with Crippen molar-refractivity contribution in [3.8, 4) is 11.5 Å². The van der Waals surface area contributed by atoms with Crippen molar-refractivity contribution in [3.05, 3.63) is 39.2 Å². The number of carbonyl (C=O) groups is 1. The van der Waals surface area contributed by atoms with E-state index in [1.807, 2.05) is 6.07 Å². The van der Waals surface area contributed by atoms with Crippen molar-refractivity contribution < 1.29 is 14.3 Å². The molecule has 1 aliphatic heterocycles. The Morgan fingerprint density at radius 3 is 3.05 bits per heavy atom. The smallest absolute Gasteiger partial charge is 0.290 e. The summed E-state index contributed by atoms with van der Waals surface area (Å²) in [5.41, 5.74) is 3.75. The number of carbonyl (C=O) groups excluding carboxylic acids is 1. The SMILES string of the molecule is Cn1ncc(I)c1C(=O)N/N=C/c1ccc2c(c1)OCO2. The minimum atomic E-state index is -0.309. The molecule has 3 rings (SSSR count). The predicted molar refractivity (Wildman–Crippen MR) is 83.6 cm³/mol. The predicted octanol–water partition coefficient (Wildman–Crippen LogP) is 1.52. The molecule has 108 valence electrons. The number of rotatable bonds is 3. The van der Waals surface area contributed by atoms with Gasteiger partial charge in [0.05, 0.1) is 16.0 Å². The molecule has 0 fully saturated rings. The fourth-order valence-electron chi connectivity index (χ4n) is 1.88. The lowest BCUT2D eigenvalue weighted by Crippen LogP contribution is -2.21. The highest BCUT2D eigenvalue weighted by Gasteiger charge is 2.15. The molecule has 21 heavy (non-hydrogen) atoms. The van der Waals surface area contributed by atoms with Gasteiger partial charge in [-0.1, -0.05) is 0 Å². The van der Waals surface area contributed by atoms with E-state index in [9.17, 15) is 4.79 Å². The Morgan fingerprint density at radius 2 is 2.29 bits per heavy atom. The van der Waals surface area contributed by atoms with E-state index in [0.29, 0.717) is 17.2 Å². The van der Waals surface area contributed by atoms with E-state index in [1.54, 1.807) is 31.6 Å². The maximum Gasteiger partial charge on any atom is 0.290 e. The summed E-state index contributed by atoms with van der Waals surface area (Å²) < 4.78 is 12.8. The van der Waals surface area contributed by atoms with Crippen LogP contribution >= 0.6 is 22.6 Å². The minimum absolute atomic E-state index is 0.228. The molecule has 0 radical (unpaired) electrons. The van der Waals surface area contributed by atoms with Gasteiger partial charge in [-0.3, -0.25) is 9.48 Å². The van der Waals surface area contributed by atoms with E-state index in [0.717, 1.165) is 9.13 Å². The molecular formula is C13H11IN4O3. The first kappa shape index (κ1) is 13.9. The summed E-state index contributed by atoms with van der Waals surface area (Å²) in [6, 6.07) is 5.43. The number of hydrazone groups is 1. The van der Waals surface area contributed by atoms with Crippen LogP contribution in [-0.4, -0.2) is 28.7 Å². The lowest BCUT2D eigenvalue weighted by Gasteiger charge is -2.01. The second kappa shape index (κ2) is 5.72. The van der Waals surface area contributed by atoms with Gasteiger partial charge in [0.25, 0.3) is 5.91 Å². The largest absolute Gasteiger partial charge is 0.454 e. The zero-order valence-corrected chi connectivity index (χ0v) is 13.2. The molecule has 0 bridgehead atoms. The molecule has 0 spiro atoms. The van der Waals surface area contributed by atoms with Gasteiger partial charge in [-0.05, 0) is 46.4 Å². The molecule has 0 atom stereocenters.